The van der Waals surface area contributed by atoms with E-state index in [-0.39, 0.29) is 0 Å². The Labute approximate surface area is 366 Å². The Morgan fingerprint density at radius 3 is 1.10 bits per heavy atom. The molecule has 0 fully saturated rings. The van der Waals surface area contributed by atoms with Crippen LogP contribution in [0.15, 0.2) is 237 Å². The van der Waals surface area contributed by atoms with Gasteiger partial charge in [-0.2, -0.15) is 0 Å². The quantitative estimate of drug-likeness (QED) is 0.168. The molecule has 1 heteroatoms. The van der Waals surface area contributed by atoms with Gasteiger partial charge in [0.1, 0.15) is 0 Å². The lowest BCUT2D eigenvalue weighted by atomic mass is 9.51. The smallest absolute Gasteiger partial charge is 0.0725 e. The first-order valence-corrected chi connectivity index (χ1v) is 22.1. The highest BCUT2D eigenvalue weighted by molar-refractivity contribution is 6.09. The van der Waals surface area contributed by atoms with E-state index >= 15 is 0 Å². The summed E-state index contributed by atoms with van der Waals surface area (Å²) in [5.41, 5.74) is 23.5. The van der Waals surface area contributed by atoms with Crippen molar-refractivity contribution in [2.24, 2.45) is 0 Å². The summed E-state index contributed by atoms with van der Waals surface area (Å²) in [6, 6.07) is 89.0. The highest BCUT2D eigenvalue weighted by Crippen LogP contribution is 2.68. The van der Waals surface area contributed by atoms with Crippen molar-refractivity contribution in [2.45, 2.75) is 10.8 Å². The molecule has 14 rings (SSSR count). The van der Waals surface area contributed by atoms with Gasteiger partial charge >= 0.3 is 0 Å². The Morgan fingerprint density at radius 1 is 0.238 bits per heavy atom. The molecule has 292 valence electrons. The van der Waals surface area contributed by atoms with E-state index in [9.17, 15) is 0 Å². The summed E-state index contributed by atoms with van der Waals surface area (Å²) in [4.78, 5) is 0. The van der Waals surface area contributed by atoms with Gasteiger partial charge in [-0.3, -0.25) is 0 Å². The van der Waals surface area contributed by atoms with Crippen molar-refractivity contribution >= 4 is 21.8 Å². The predicted molar refractivity (Wildman–Crippen MR) is 260 cm³/mol. The van der Waals surface area contributed by atoms with Gasteiger partial charge in [0, 0.05) is 16.5 Å². The lowest BCUT2D eigenvalue weighted by Gasteiger charge is -2.49. The molecular formula is C62H39N. The normalized spacial score (nSPS) is 14.3. The molecule has 0 saturated heterocycles. The lowest BCUT2D eigenvalue weighted by molar-refractivity contribution is 0.634. The van der Waals surface area contributed by atoms with Crippen molar-refractivity contribution in [2.75, 3.05) is 0 Å². The van der Waals surface area contributed by atoms with Gasteiger partial charge in [-0.25, -0.2) is 0 Å². The van der Waals surface area contributed by atoms with E-state index in [1.807, 2.05) is 0 Å². The zero-order valence-electron chi connectivity index (χ0n) is 34.5. The highest BCUT2D eigenvalue weighted by atomic mass is 15.0. The van der Waals surface area contributed by atoms with Crippen molar-refractivity contribution in [3.63, 3.8) is 0 Å². The van der Waals surface area contributed by atoms with Crippen LogP contribution in [0.25, 0.3) is 72.0 Å². The second kappa shape index (κ2) is 12.8. The van der Waals surface area contributed by atoms with E-state index in [1.165, 1.54) is 111 Å². The molecule has 0 amide bonds. The third kappa shape index (κ3) is 4.36. The van der Waals surface area contributed by atoms with E-state index < -0.39 is 10.8 Å². The van der Waals surface area contributed by atoms with Crippen LogP contribution in [0.4, 0.5) is 0 Å². The Balaban J connectivity index is 0.996. The first-order valence-electron chi connectivity index (χ1n) is 22.1. The van der Waals surface area contributed by atoms with Crippen LogP contribution in [0, 0.1) is 0 Å². The van der Waals surface area contributed by atoms with Gasteiger partial charge in [-0.05, 0) is 113 Å². The van der Waals surface area contributed by atoms with E-state index in [4.69, 9.17) is 0 Å². The summed E-state index contributed by atoms with van der Waals surface area (Å²) in [6.07, 6.45) is 0. The summed E-state index contributed by atoms with van der Waals surface area (Å²) >= 11 is 0. The van der Waals surface area contributed by atoms with Crippen LogP contribution in [0.1, 0.15) is 44.5 Å². The SMILES string of the molecule is c1ccc2c(c1)-c1ccccc1C21c2ccccc2C2(c3ccccc3-c3ccccc32)c2c(-c3ccc(-c4ccc(-n5c6ccccc6c6ccccc65)cc4)cc3)cccc21. The lowest BCUT2D eigenvalue weighted by Crippen LogP contribution is -2.44. The Morgan fingerprint density at radius 2 is 0.587 bits per heavy atom. The van der Waals surface area contributed by atoms with Crippen molar-refractivity contribution < 1.29 is 0 Å². The molecular weight excluding hydrogens is 759 g/mol. The first-order chi connectivity index (χ1) is 31.3. The van der Waals surface area contributed by atoms with Crippen molar-refractivity contribution in [1.29, 1.82) is 0 Å². The second-order valence-electron chi connectivity index (χ2n) is 17.4. The molecule has 0 unspecified atom stereocenters. The molecule has 10 aromatic carbocycles. The van der Waals surface area contributed by atoms with Crippen LogP contribution in [0.5, 0.6) is 0 Å². The number of para-hydroxylation sites is 2. The van der Waals surface area contributed by atoms with Gasteiger partial charge in [0.25, 0.3) is 0 Å². The standard InChI is InChI=1S/C62H39N/c1-7-23-51-45(16-1)46-17-2-8-24-52(46)61(51)55-27-11-12-28-56(55)62(53-25-9-3-18-47(53)48-19-4-10-26-54(48)62)60-44(22-15-29-57(60)61)42-34-32-40(33-35-42)41-36-38-43(39-37-41)63-58-30-13-5-20-49(58)50-21-6-14-31-59(50)63/h1-39H. The molecule has 0 aliphatic heterocycles. The largest absolute Gasteiger partial charge is 0.309 e. The van der Waals surface area contributed by atoms with Crippen LogP contribution >= 0.6 is 0 Å². The molecule has 0 bridgehead atoms. The molecule has 1 nitrogen and oxygen atoms in total. The van der Waals surface area contributed by atoms with Gasteiger partial charge in [-0.1, -0.05) is 212 Å². The minimum atomic E-state index is -0.547. The fraction of sp³-hybridized carbons (Fsp3) is 0.0323. The molecule has 0 N–H and O–H groups in total. The molecule has 3 aliphatic carbocycles. The number of benzene rings is 10. The third-order valence-electron chi connectivity index (χ3n) is 14.7. The Hall–Kier alpha value is -8.00. The monoisotopic (exact) mass is 797 g/mol. The average Bonchev–Trinajstić information content (AvgIpc) is 3.96. The fourth-order valence-corrected chi connectivity index (χ4v) is 12.4. The summed E-state index contributed by atoms with van der Waals surface area (Å²) in [5.74, 6) is 0. The van der Waals surface area contributed by atoms with Crippen LogP contribution in [-0.4, -0.2) is 4.57 Å². The predicted octanol–water partition coefficient (Wildman–Crippen LogP) is 15.2. The van der Waals surface area contributed by atoms with Crippen LogP contribution in [0.3, 0.4) is 0 Å². The van der Waals surface area contributed by atoms with Crippen molar-refractivity contribution in [3.8, 4) is 50.2 Å². The Bertz CT molecular complexity index is 3530. The molecule has 2 spiro atoms. The van der Waals surface area contributed by atoms with E-state index in [2.05, 4.69) is 241 Å². The molecule has 0 atom stereocenters. The van der Waals surface area contributed by atoms with Gasteiger partial charge in [0.05, 0.1) is 21.9 Å². The summed E-state index contributed by atoms with van der Waals surface area (Å²) < 4.78 is 2.39. The maximum Gasteiger partial charge on any atom is 0.0725 e. The number of hydrogen-bond acceptors (Lipinski definition) is 0. The number of aromatic nitrogens is 1. The average molecular weight is 798 g/mol. The van der Waals surface area contributed by atoms with Gasteiger partial charge in [0.2, 0.25) is 0 Å². The van der Waals surface area contributed by atoms with Crippen LogP contribution in [-0.2, 0) is 10.8 Å². The highest BCUT2D eigenvalue weighted by Gasteiger charge is 2.59. The minimum absolute atomic E-state index is 0.509. The first kappa shape index (κ1) is 34.7. The molecule has 3 aliphatic rings. The molecule has 0 radical (unpaired) electrons. The van der Waals surface area contributed by atoms with Gasteiger partial charge < -0.3 is 4.57 Å². The van der Waals surface area contributed by atoms with E-state index in [1.54, 1.807) is 0 Å². The third-order valence-corrected chi connectivity index (χ3v) is 14.7. The molecule has 1 heterocycles. The maximum atomic E-state index is 2.45. The number of fused-ring (bicyclic) bond motifs is 19. The molecule has 1 aromatic heterocycles. The number of hydrogen-bond donors (Lipinski definition) is 0. The molecule has 11 aromatic rings. The van der Waals surface area contributed by atoms with Gasteiger partial charge in [-0.15, -0.1) is 0 Å². The van der Waals surface area contributed by atoms with Gasteiger partial charge in [0.15, 0.2) is 0 Å². The maximum absolute atomic E-state index is 2.45. The van der Waals surface area contributed by atoms with E-state index in [0.717, 1.165) is 5.69 Å². The summed E-state index contributed by atoms with van der Waals surface area (Å²) in [6.45, 7) is 0. The Kier molecular flexibility index (Phi) is 7.03. The summed E-state index contributed by atoms with van der Waals surface area (Å²) in [7, 11) is 0. The van der Waals surface area contributed by atoms with E-state index in [0.29, 0.717) is 0 Å². The van der Waals surface area contributed by atoms with Crippen LogP contribution < -0.4 is 0 Å². The fourth-order valence-electron chi connectivity index (χ4n) is 12.4. The topological polar surface area (TPSA) is 4.93 Å². The zero-order valence-corrected chi connectivity index (χ0v) is 34.5. The molecule has 0 saturated carbocycles. The van der Waals surface area contributed by atoms with Crippen molar-refractivity contribution in [3.05, 3.63) is 281 Å². The minimum Gasteiger partial charge on any atom is -0.309 e. The number of nitrogens with zero attached hydrogens (tertiary/aromatic N) is 1. The zero-order chi connectivity index (χ0) is 41.3. The summed E-state index contributed by atoms with van der Waals surface area (Å²) in [5, 5.41) is 2.55. The number of rotatable bonds is 3. The second-order valence-corrected chi connectivity index (χ2v) is 17.4. The molecule has 63 heavy (non-hydrogen) atoms. The van der Waals surface area contributed by atoms with Crippen molar-refractivity contribution in [1.82, 2.24) is 4.57 Å². The van der Waals surface area contributed by atoms with Crippen LogP contribution in [0.2, 0.25) is 0 Å².